The minimum absolute atomic E-state index is 0.116. The zero-order valence-electron chi connectivity index (χ0n) is 10.6. The molecule has 2 aromatic carbocycles. The predicted octanol–water partition coefficient (Wildman–Crippen LogP) is 4.15. The molecule has 0 aliphatic rings. The van der Waals surface area contributed by atoms with Gasteiger partial charge >= 0.3 is 0 Å². The van der Waals surface area contributed by atoms with E-state index in [1.807, 2.05) is 0 Å². The van der Waals surface area contributed by atoms with E-state index >= 15 is 0 Å². The summed E-state index contributed by atoms with van der Waals surface area (Å²) in [6.07, 6.45) is 1.49. The number of nitrogens with one attached hydrogen (secondary N) is 1. The fraction of sp³-hybridized carbons (Fsp3) is 0.0714. The van der Waals surface area contributed by atoms with Crippen molar-refractivity contribution >= 4 is 35.1 Å². The monoisotopic (exact) mass is 310 g/mol. The van der Waals surface area contributed by atoms with Gasteiger partial charge in [0.05, 0.1) is 29.1 Å². The molecule has 0 aliphatic heterocycles. The van der Waals surface area contributed by atoms with Crippen molar-refractivity contribution < 1.29 is 9.84 Å². The van der Waals surface area contributed by atoms with Gasteiger partial charge in [0.1, 0.15) is 11.5 Å². The van der Waals surface area contributed by atoms with E-state index in [0.29, 0.717) is 27.0 Å². The Labute approximate surface area is 126 Å². The summed E-state index contributed by atoms with van der Waals surface area (Å²) >= 11 is 11.7. The van der Waals surface area contributed by atoms with Gasteiger partial charge in [-0.2, -0.15) is 5.10 Å². The Bertz CT molecular complexity index is 645. The number of ether oxygens (including phenoxy) is 1. The molecule has 2 aromatic rings. The van der Waals surface area contributed by atoms with Crippen LogP contribution < -0.4 is 10.2 Å². The number of phenolic OH excluding ortho intramolecular Hbond substituents is 1. The van der Waals surface area contributed by atoms with Crippen LogP contribution in [-0.2, 0) is 0 Å². The lowest BCUT2D eigenvalue weighted by Gasteiger charge is -2.04. The van der Waals surface area contributed by atoms with E-state index in [9.17, 15) is 5.11 Å². The molecular formula is C14H12Cl2N2O2. The molecule has 0 saturated carbocycles. The molecule has 6 heteroatoms. The van der Waals surface area contributed by atoms with E-state index in [0.717, 1.165) is 0 Å². The Hall–Kier alpha value is -1.91. The van der Waals surface area contributed by atoms with Crippen molar-refractivity contribution in [1.82, 2.24) is 0 Å². The van der Waals surface area contributed by atoms with Crippen LogP contribution in [0.3, 0.4) is 0 Å². The molecule has 20 heavy (non-hydrogen) atoms. The SMILES string of the molecule is COc1ccc(O)c(/C=N/Nc2ccc(Cl)c(Cl)c2)c1. The van der Waals surface area contributed by atoms with E-state index in [2.05, 4.69) is 10.5 Å². The largest absolute Gasteiger partial charge is 0.507 e. The number of hydrogen-bond acceptors (Lipinski definition) is 4. The van der Waals surface area contributed by atoms with E-state index in [1.54, 1.807) is 43.5 Å². The van der Waals surface area contributed by atoms with E-state index in [1.165, 1.54) is 6.21 Å². The molecule has 0 atom stereocenters. The molecule has 0 aliphatic carbocycles. The zero-order chi connectivity index (χ0) is 14.5. The molecule has 0 fully saturated rings. The standard InChI is InChI=1S/C14H12Cl2N2O2/c1-20-11-3-5-14(19)9(6-11)8-17-18-10-2-4-12(15)13(16)7-10/h2-8,18-19H,1H3/b17-8+. The maximum Gasteiger partial charge on any atom is 0.124 e. The molecule has 104 valence electrons. The van der Waals surface area contributed by atoms with Crippen LogP contribution in [0.15, 0.2) is 41.5 Å². The Balaban J connectivity index is 2.11. The van der Waals surface area contributed by atoms with E-state index in [4.69, 9.17) is 27.9 Å². The first-order valence-electron chi connectivity index (χ1n) is 5.71. The zero-order valence-corrected chi connectivity index (χ0v) is 12.1. The van der Waals surface area contributed by atoms with Crippen LogP contribution >= 0.6 is 23.2 Å². The molecule has 4 nitrogen and oxygen atoms in total. The molecule has 0 bridgehead atoms. The summed E-state index contributed by atoms with van der Waals surface area (Å²) < 4.78 is 5.08. The number of nitrogens with zero attached hydrogens (tertiary/aromatic N) is 1. The predicted molar refractivity (Wildman–Crippen MR) is 82.3 cm³/mol. The average Bonchev–Trinajstić information content (AvgIpc) is 2.45. The molecule has 0 amide bonds. The third-order valence-corrected chi connectivity index (χ3v) is 3.29. The number of methoxy groups -OCH3 is 1. The van der Waals surface area contributed by atoms with Gasteiger partial charge in [0.2, 0.25) is 0 Å². The highest BCUT2D eigenvalue weighted by Crippen LogP contribution is 2.25. The molecule has 2 N–H and O–H groups in total. The number of phenols is 1. The first-order valence-corrected chi connectivity index (χ1v) is 6.47. The highest BCUT2D eigenvalue weighted by atomic mass is 35.5. The lowest BCUT2D eigenvalue weighted by molar-refractivity contribution is 0.412. The maximum absolute atomic E-state index is 9.70. The van der Waals surface area contributed by atoms with Crippen LogP contribution in [0.25, 0.3) is 0 Å². The van der Waals surface area contributed by atoms with Gasteiger partial charge in [0.25, 0.3) is 0 Å². The van der Waals surface area contributed by atoms with Gasteiger partial charge in [-0.1, -0.05) is 23.2 Å². The number of halogens is 2. The van der Waals surface area contributed by atoms with Crippen molar-refractivity contribution in [1.29, 1.82) is 0 Å². The van der Waals surface area contributed by atoms with Crippen molar-refractivity contribution in [2.45, 2.75) is 0 Å². The van der Waals surface area contributed by atoms with Gasteiger partial charge in [-0.3, -0.25) is 5.43 Å². The lowest BCUT2D eigenvalue weighted by Crippen LogP contribution is -1.92. The highest BCUT2D eigenvalue weighted by molar-refractivity contribution is 6.42. The van der Waals surface area contributed by atoms with Crippen molar-refractivity contribution in [3.63, 3.8) is 0 Å². The van der Waals surface area contributed by atoms with Gasteiger partial charge in [-0.15, -0.1) is 0 Å². The smallest absolute Gasteiger partial charge is 0.124 e. The third kappa shape index (κ3) is 3.56. The third-order valence-electron chi connectivity index (χ3n) is 2.55. The van der Waals surface area contributed by atoms with Crippen LogP contribution in [-0.4, -0.2) is 18.4 Å². The van der Waals surface area contributed by atoms with Crippen LogP contribution in [0.2, 0.25) is 10.0 Å². The minimum Gasteiger partial charge on any atom is -0.507 e. The molecule has 2 rings (SSSR count). The highest BCUT2D eigenvalue weighted by Gasteiger charge is 2.01. The molecule has 0 radical (unpaired) electrons. The lowest BCUT2D eigenvalue weighted by atomic mass is 10.2. The summed E-state index contributed by atoms with van der Waals surface area (Å²) in [7, 11) is 1.56. The molecule has 0 heterocycles. The second-order valence-electron chi connectivity index (χ2n) is 3.92. The number of benzene rings is 2. The summed E-state index contributed by atoms with van der Waals surface area (Å²) in [5.41, 5.74) is 4.03. The first kappa shape index (κ1) is 14.5. The van der Waals surface area contributed by atoms with Crippen molar-refractivity contribution in [3.8, 4) is 11.5 Å². The van der Waals surface area contributed by atoms with E-state index in [-0.39, 0.29) is 5.75 Å². The fourth-order valence-corrected chi connectivity index (χ4v) is 1.80. The van der Waals surface area contributed by atoms with Crippen LogP contribution in [0.1, 0.15) is 5.56 Å². The summed E-state index contributed by atoms with van der Waals surface area (Å²) in [6, 6.07) is 9.96. The normalized spacial score (nSPS) is 10.8. The minimum atomic E-state index is 0.116. The van der Waals surface area contributed by atoms with Crippen molar-refractivity contribution in [3.05, 3.63) is 52.0 Å². The Morgan fingerprint density at radius 2 is 1.95 bits per heavy atom. The maximum atomic E-state index is 9.70. The van der Waals surface area contributed by atoms with Gasteiger partial charge in [0, 0.05) is 5.56 Å². The first-order chi connectivity index (χ1) is 9.60. The number of hydrogen-bond donors (Lipinski definition) is 2. The summed E-state index contributed by atoms with van der Waals surface area (Å²) in [4.78, 5) is 0. The summed E-state index contributed by atoms with van der Waals surface area (Å²) in [5, 5.41) is 14.6. The molecular weight excluding hydrogens is 299 g/mol. The average molecular weight is 311 g/mol. The van der Waals surface area contributed by atoms with Gasteiger partial charge < -0.3 is 9.84 Å². The van der Waals surface area contributed by atoms with Gasteiger partial charge in [0.15, 0.2) is 0 Å². The Morgan fingerprint density at radius 1 is 1.15 bits per heavy atom. The molecule has 0 spiro atoms. The molecule has 0 saturated heterocycles. The Kier molecular flexibility index (Phi) is 4.71. The Morgan fingerprint density at radius 3 is 2.65 bits per heavy atom. The van der Waals surface area contributed by atoms with E-state index < -0.39 is 0 Å². The van der Waals surface area contributed by atoms with Gasteiger partial charge in [-0.05, 0) is 36.4 Å². The quantitative estimate of drug-likeness (QED) is 0.658. The fourth-order valence-electron chi connectivity index (χ4n) is 1.51. The topological polar surface area (TPSA) is 53.9 Å². The van der Waals surface area contributed by atoms with Crippen LogP contribution in [0.5, 0.6) is 11.5 Å². The molecule has 0 unspecified atom stereocenters. The number of aromatic hydroxyl groups is 1. The van der Waals surface area contributed by atoms with Gasteiger partial charge in [-0.25, -0.2) is 0 Å². The molecule has 0 aromatic heterocycles. The second-order valence-corrected chi connectivity index (χ2v) is 4.74. The van der Waals surface area contributed by atoms with Crippen molar-refractivity contribution in [2.24, 2.45) is 5.10 Å². The van der Waals surface area contributed by atoms with Crippen molar-refractivity contribution in [2.75, 3.05) is 12.5 Å². The number of anilines is 1. The summed E-state index contributed by atoms with van der Waals surface area (Å²) in [6.45, 7) is 0. The van der Waals surface area contributed by atoms with Crippen LogP contribution in [0, 0.1) is 0 Å². The summed E-state index contributed by atoms with van der Waals surface area (Å²) in [5.74, 6) is 0.754. The van der Waals surface area contributed by atoms with Crippen LogP contribution in [0.4, 0.5) is 5.69 Å². The number of hydrazone groups is 1. The number of rotatable bonds is 4. The second kappa shape index (κ2) is 6.50.